The molecule has 0 bridgehead atoms. The lowest BCUT2D eigenvalue weighted by Crippen LogP contribution is -2.35. The Bertz CT molecular complexity index is 529. The molecule has 20 heavy (non-hydrogen) atoms. The van der Waals surface area contributed by atoms with E-state index in [-0.39, 0.29) is 24.5 Å². The van der Waals surface area contributed by atoms with Crippen molar-refractivity contribution in [3.63, 3.8) is 0 Å². The van der Waals surface area contributed by atoms with E-state index < -0.39 is 0 Å². The van der Waals surface area contributed by atoms with Gasteiger partial charge in [-0.1, -0.05) is 11.8 Å². The van der Waals surface area contributed by atoms with Crippen molar-refractivity contribution < 1.29 is 14.6 Å². The maximum absolute atomic E-state index is 12.3. The smallest absolute Gasteiger partial charge is 0.228 e. The van der Waals surface area contributed by atoms with Crippen molar-refractivity contribution in [2.75, 3.05) is 20.3 Å². The number of carbonyl (C=O) groups excluding carboxylic acids is 1. The molecule has 1 aromatic rings. The number of amides is 1. The predicted octanol–water partition coefficient (Wildman–Crippen LogP) is 1.48. The van der Waals surface area contributed by atoms with Crippen LogP contribution in [0.2, 0.25) is 0 Å². The highest BCUT2D eigenvalue weighted by Crippen LogP contribution is 2.24. The van der Waals surface area contributed by atoms with Crippen LogP contribution in [0.25, 0.3) is 0 Å². The highest BCUT2D eigenvalue weighted by molar-refractivity contribution is 7.10. The monoisotopic (exact) mass is 293 g/mol. The van der Waals surface area contributed by atoms with Crippen LogP contribution in [-0.2, 0) is 16.1 Å². The molecule has 1 saturated heterocycles. The summed E-state index contributed by atoms with van der Waals surface area (Å²) < 4.78 is 5.45. The largest absolute Gasteiger partial charge is 0.384 e. The molecule has 1 aliphatic heterocycles. The molecule has 2 heterocycles. The summed E-state index contributed by atoms with van der Waals surface area (Å²) in [5.74, 6) is 5.61. The van der Waals surface area contributed by atoms with Gasteiger partial charge in [-0.2, -0.15) is 0 Å². The molecule has 2 rings (SSSR count). The zero-order valence-electron chi connectivity index (χ0n) is 11.8. The summed E-state index contributed by atoms with van der Waals surface area (Å²) in [7, 11) is 1.83. The third-order valence-electron chi connectivity index (χ3n) is 3.43. The molecule has 1 aromatic heterocycles. The average molecular weight is 293 g/mol. The Labute approximate surface area is 123 Å². The molecule has 0 saturated carbocycles. The first-order chi connectivity index (χ1) is 9.61. The van der Waals surface area contributed by atoms with Crippen LogP contribution in [0.4, 0.5) is 0 Å². The van der Waals surface area contributed by atoms with E-state index in [9.17, 15) is 4.79 Å². The zero-order valence-corrected chi connectivity index (χ0v) is 12.6. The minimum atomic E-state index is -0.136. The molecule has 5 heteroatoms. The number of rotatable bonds is 3. The molecule has 2 atom stereocenters. The normalized spacial score (nSPS) is 21.4. The molecule has 1 amide bonds. The van der Waals surface area contributed by atoms with Crippen molar-refractivity contribution in [2.45, 2.75) is 26.0 Å². The third kappa shape index (κ3) is 3.60. The Morgan fingerprint density at radius 2 is 2.45 bits per heavy atom. The van der Waals surface area contributed by atoms with E-state index in [1.165, 1.54) is 0 Å². The van der Waals surface area contributed by atoms with Crippen molar-refractivity contribution in [1.29, 1.82) is 0 Å². The van der Waals surface area contributed by atoms with E-state index in [0.29, 0.717) is 13.2 Å². The van der Waals surface area contributed by atoms with E-state index >= 15 is 0 Å². The summed E-state index contributed by atoms with van der Waals surface area (Å²) in [4.78, 5) is 15.2. The van der Waals surface area contributed by atoms with Gasteiger partial charge in [0.1, 0.15) is 6.61 Å². The first-order valence-electron chi connectivity index (χ1n) is 6.65. The fourth-order valence-corrected chi connectivity index (χ4v) is 3.19. The van der Waals surface area contributed by atoms with Gasteiger partial charge in [0.05, 0.1) is 18.6 Å². The van der Waals surface area contributed by atoms with Crippen LogP contribution in [0.15, 0.2) is 11.4 Å². The second-order valence-electron chi connectivity index (χ2n) is 4.93. The Morgan fingerprint density at radius 3 is 3.10 bits per heavy atom. The maximum Gasteiger partial charge on any atom is 0.228 e. The van der Waals surface area contributed by atoms with Crippen LogP contribution in [-0.4, -0.2) is 42.3 Å². The number of hydrogen-bond acceptors (Lipinski definition) is 4. The van der Waals surface area contributed by atoms with Gasteiger partial charge in [-0.3, -0.25) is 4.79 Å². The number of aliphatic hydroxyl groups is 1. The van der Waals surface area contributed by atoms with Crippen LogP contribution >= 0.6 is 11.3 Å². The number of thiophene rings is 1. The minimum absolute atomic E-state index is 0.0132. The molecule has 0 radical (unpaired) electrons. The van der Waals surface area contributed by atoms with Gasteiger partial charge in [0, 0.05) is 29.5 Å². The van der Waals surface area contributed by atoms with Crippen LogP contribution in [0.3, 0.4) is 0 Å². The molecule has 1 N–H and O–H groups in total. The molecule has 1 aliphatic rings. The second kappa shape index (κ2) is 6.89. The van der Waals surface area contributed by atoms with Crippen molar-refractivity contribution in [2.24, 2.45) is 5.92 Å². The Hall–Kier alpha value is -1.35. The molecule has 0 aliphatic carbocycles. The Kier molecular flexibility index (Phi) is 5.18. The lowest BCUT2D eigenvalue weighted by Gasteiger charge is -2.22. The lowest BCUT2D eigenvalue weighted by molar-refractivity contribution is -0.136. The first kappa shape index (κ1) is 15.0. The Morgan fingerprint density at radius 1 is 1.65 bits per heavy atom. The summed E-state index contributed by atoms with van der Waals surface area (Å²) in [5, 5.41) is 10.6. The van der Waals surface area contributed by atoms with Crippen molar-refractivity contribution in [3.05, 3.63) is 21.9 Å². The van der Waals surface area contributed by atoms with Gasteiger partial charge in [-0.05, 0) is 19.4 Å². The van der Waals surface area contributed by atoms with Gasteiger partial charge in [-0.15, -0.1) is 11.3 Å². The molecule has 2 unspecified atom stereocenters. The summed E-state index contributed by atoms with van der Waals surface area (Å²) in [6, 6.07) is 1.96. The maximum atomic E-state index is 12.3. The molecular formula is C15H19NO3S. The molecule has 1 fully saturated rings. The van der Waals surface area contributed by atoms with Gasteiger partial charge in [0.2, 0.25) is 5.91 Å². The average Bonchev–Trinajstić information content (AvgIpc) is 3.04. The fourth-order valence-electron chi connectivity index (χ4n) is 2.32. The van der Waals surface area contributed by atoms with Crippen molar-refractivity contribution in [3.8, 4) is 11.8 Å². The van der Waals surface area contributed by atoms with Crippen molar-refractivity contribution in [1.82, 2.24) is 4.90 Å². The molecule has 0 spiro atoms. The van der Waals surface area contributed by atoms with E-state index in [0.717, 1.165) is 16.9 Å². The summed E-state index contributed by atoms with van der Waals surface area (Å²) in [5.41, 5.74) is 0.887. The van der Waals surface area contributed by atoms with Crippen LogP contribution in [0, 0.1) is 17.8 Å². The van der Waals surface area contributed by atoms with Gasteiger partial charge in [0.25, 0.3) is 0 Å². The van der Waals surface area contributed by atoms with Gasteiger partial charge in [0.15, 0.2) is 0 Å². The van der Waals surface area contributed by atoms with Crippen LogP contribution < -0.4 is 0 Å². The van der Waals surface area contributed by atoms with Crippen LogP contribution in [0.5, 0.6) is 0 Å². The van der Waals surface area contributed by atoms with Gasteiger partial charge in [-0.25, -0.2) is 0 Å². The van der Waals surface area contributed by atoms with Crippen molar-refractivity contribution >= 4 is 17.2 Å². The second-order valence-corrected chi connectivity index (χ2v) is 5.92. The van der Waals surface area contributed by atoms with E-state index in [2.05, 4.69) is 11.8 Å². The zero-order chi connectivity index (χ0) is 14.5. The number of hydrogen-bond donors (Lipinski definition) is 1. The molecule has 108 valence electrons. The number of ether oxygens (including phenoxy) is 1. The highest BCUT2D eigenvalue weighted by Gasteiger charge is 2.32. The predicted molar refractivity (Wildman–Crippen MR) is 78.3 cm³/mol. The third-order valence-corrected chi connectivity index (χ3v) is 4.35. The summed E-state index contributed by atoms with van der Waals surface area (Å²) in [6.45, 7) is 3.08. The lowest BCUT2D eigenvalue weighted by atomic mass is 10.0. The van der Waals surface area contributed by atoms with Gasteiger partial charge >= 0.3 is 0 Å². The topological polar surface area (TPSA) is 49.8 Å². The van der Waals surface area contributed by atoms with Crippen LogP contribution in [0.1, 0.15) is 23.8 Å². The highest BCUT2D eigenvalue weighted by atomic mass is 32.1. The molecular weight excluding hydrogens is 274 g/mol. The SMILES string of the molecule is CC1OCCC1C(=O)N(C)Cc1cc(C#CCO)cs1. The number of nitrogens with zero attached hydrogens (tertiary/aromatic N) is 1. The molecule has 4 nitrogen and oxygen atoms in total. The molecule has 0 aromatic carbocycles. The standard InChI is InChI=1S/C15H19NO3S/c1-11-14(5-7-19-11)15(18)16(2)9-13-8-12(10-20-13)4-3-6-17/h8,10-11,14,17H,5-7,9H2,1-2H3. The van der Waals surface area contributed by atoms with E-state index in [4.69, 9.17) is 9.84 Å². The summed E-state index contributed by atoms with van der Waals surface area (Å²) in [6.07, 6.45) is 0.821. The fraction of sp³-hybridized carbons (Fsp3) is 0.533. The van der Waals surface area contributed by atoms with Gasteiger partial charge < -0.3 is 14.7 Å². The summed E-state index contributed by atoms with van der Waals surface area (Å²) >= 11 is 1.58. The van der Waals surface area contributed by atoms with E-state index in [1.54, 1.807) is 16.2 Å². The minimum Gasteiger partial charge on any atom is -0.384 e. The van der Waals surface area contributed by atoms with E-state index in [1.807, 2.05) is 25.4 Å². The Balaban J connectivity index is 1.95. The quantitative estimate of drug-likeness (QED) is 0.859. The number of carbonyl (C=O) groups is 1. The first-order valence-corrected chi connectivity index (χ1v) is 7.53. The number of aliphatic hydroxyl groups excluding tert-OH is 1.